The first-order valence-electron chi connectivity index (χ1n) is 5.77. The van der Waals surface area contributed by atoms with E-state index in [0.717, 1.165) is 31.4 Å². The van der Waals surface area contributed by atoms with E-state index in [4.69, 9.17) is 5.73 Å². The fraction of sp³-hybridized carbons (Fsp3) is 0.462. The standard InChI is InChI=1S/C13H18N2O/c1-10-4-6-11(7-5-10)15-13(12(14)16)8-2-3-9-13/h4-7,15H,2-3,8-9H2,1H3,(H2,14,16). The second-order valence-electron chi connectivity index (χ2n) is 4.64. The maximum Gasteiger partial charge on any atom is 0.243 e. The van der Waals surface area contributed by atoms with E-state index < -0.39 is 5.54 Å². The summed E-state index contributed by atoms with van der Waals surface area (Å²) < 4.78 is 0. The summed E-state index contributed by atoms with van der Waals surface area (Å²) in [4.78, 5) is 11.6. The van der Waals surface area contributed by atoms with Crippen molar-refractivity contribution in [2.45, 2.75) is 38.1 Å². The van der Waals surface area contributed by atoms with Crippen LogP contribution in [-0.2, 0) is 4.79 Å². The van der Waals surface area contributed by atoms with Crippen LogP contribution in [0.4, 0.5) is 5.69 Å². The van der Waals surface area contributed by atoms with Crippen LogP contribution in [0.25, 0.3) is 0 Å². The van der Waals surface area contributed by atoms with Gasteiger partial charge in [0.25, 0.3) is 0 Å². The zero-order chi connectivity index (χ0) is 11.6. The first kappa shape index (κ1) is 11.0. The van der Waals surface area contributed by atoms with Crippen LogP contribution < -0.4 is 11.1 Å². The summed E-state index contributed by atoms with van der Waals surface area (Å²) in [5, 5.41) is 3.31. The number of carbonyl (C=O) groups excluding carboxylic acids is 1. The highest BCUT2D eigenvalue weighted by atomic mass is 16.1. The Morgan fingerprint density at radius 3 is 2.31 bits per heavy atom. The molecule has 1 amide bonds. The number of hydrogen-bond acceptors (Lipinski definition) is 2. The highest BCUT2D eigenvalue weighted by Gasteiger charge is 2.39. The van der Waals surface area contributed by atoms with Crippen molar-refractivity contribution in [2.75, 3.05) is 5.32 Å². The average molecular weight is 218 g/mol. The average Bonchev–Trinajstić information content (AvgIpc) is 2.71. The molecule has 0 aliphatic heterocycles. The van der Waals surface area contributed by atoms with E-state index in [1.807, 2.05) is 31.2 Å². The van der Waals surface area contributed by atoms with E-state index in [2.05, 4.69) is 5.32 Å². The van der Waals surface area contributed by atoms with E-state index >= 15 is 0 Å². The lowest BCUT2D eigenvalue weighted by molar-refractivity contribution is -0.122. The highest BCUT2D eigenvalue weighted by Crippen LogP contribution is 2.32. The molecular formula is C13H18N2O. The van der Waals surface area contributed by atoms with E-state index in [1.165, 1.54) is 5.56 Å². The van der Waals surface area contributed by atoms with Gasteiger partial charge in [-0.2, -0.15) is 0 Å². The van der Waals surface area contributed by atoms with Gasteiger partial charge in [0.1, 0.15) is 5.54 Å². The van der Waals surface area contributed by atoms with Crippen molar-refractivity contribution in [1.29, 1.82) is 0 Å². The first-order chi connectivity index (χ1) is 7.62. The van der Waals surface area contributed by atoms with Crippen molar-refractivity contribution in [3.05, 3.63) is 29.8 Å². The fourth-order valence-electron chi connectivity index (χ4n) is 2.32. The maximum absolute atomic E-state index is 11.6. The van der Waals surface area contributed by atoms with Crippen LogP contribution in [0.2, 0.25) is 0 Å². The number of primary amides is 1. The lowest BCUT2D eigenvalue weighted by Crippen LogP contribution is -2.48. The third kappa shape index (κ3) is 2.03. The topological polar surface area (TPSA) is 55.1 Å². The Labute approximate surface area is 96.0 Å². The van der Waals surface area contributed by atoms with Crippen LogP contribution in [0.1, 0.15) is 31.2 Å². The highest BCUT2D eigenvalue weighted by molar-refractivity contribution is 5.88. The third-order valence-corrected chi connectivity index (χ3v) is 3.36. The number of nitrogens with two attached hydrogens (primary N) is 1. The molecule has 1 aliphatic rings. The van der Waals surface area contributed by atoms with Crippen LogP contribution in [0.15, 0.2) is 24.3 Å². The molecule has 2 rings (SSSR count). The number of benzene rings is 1. The van der Waals surface area contributed by atoms with E-state index in [1.54, 1.807) is 0 Å². The molecule has 1 fully saturated rings. The molecular weight excluding hydrogens is 200 g/mol. The molecule has 0 unspecified atom stereocenters. The molecule has 0 radical (unpaired) electrons. The number of carbonyl (C=O) groups is 1. The van der Waals surface area contributed by atoms with Crippen molar-refractivity contribution >= 4 is 11.6 Å². The summed E-state index contributed by atoms with van der Waals surface area (Å²) >= 11 is 0. The molecule has 3 nitrogen and oxygen atoms in total. The predicted molar refractivity (Wildman–Crippen MR) is 65.2 cm³/mol. The van der Waals surface area contributed by atoms with Crippen molar-refractivity contribution in [2.24, 2.45) is 5.73 Å². The Morgan fingerprint density at radius 1 is 1.25 bits per heavy atom. The molecule has 3 N–H and O–H groups in total. The SMILES string of the molecule is Cc1ccc(NC2(C(N)=O)CCCC2)cc1. The van der Waals surface area contributed by atoms with Crippen LogP contribution in [0, 0.1) is 6.92 Å². The molecule has 0 heterocycles. The van der Waals surface area contributed by atoms with Crippen LogP contribution in [0.3, 0.4) is 0 Å². The van der Waals surface area contributed by atoms with E-state index in [-0.39, 0.29) is 5.91 Å². The minimum absolute atomic E-state index is 0.231. The smallest absolute Gasteiger partial charge is 0.243 e. The van der Waals surface area contributed by atoms with Gasteiger partial charge < -0.3 is 11.1 Å². The van der Waals surface area contributed by atoms with Gasteiger partial charge in [-0.15, -0.1) is 0 Å². The fourth-order valence-corrected chi connectivity index (χ4v) is 2.32. The van der Waals surface area contributed by atoms with Gasteiger partial charge in [0.05, 0.1) is 0 Å². The van der Waals surface area contributed by atoms with Crippen LogP contribution in [-0.4, -0.2) is 11.4 Å². The zero-order valence-corrected chi connectivity index (χ0v) is 9.62. The summed E-state index contributed by atoms with van der Waals surface area (Å²) in [5.74, 6) is -0.231. The molecule has 1 aromatic carbocycles. The van der Waals surface area contributed by atoms with Gasteiger partial charge in [0, 0.05) is 5.69 Å². The molecule has 0 atom stereocenters. The van der Waals surface area contributed by atoms with E-state index in [0.29, 0.717) is 0 Å². The van der Waals surface area contributed by atoms with Gasteiger partial charge in [0.2, 0.25) is 5.91 Å². The largest absolute Gasteiger partial charge is 0.371 e. The molecule has 0 saturated heterocycles. The maximum atomic E-state index is 11.6. The van der Waals surface area contributed by atoms with Gasteiger partial charge in [-0.05, 0) is 31.9 Å². The van der Waals surface area contributed by atoms with Gasteiger partial charge >= 0.3 is 0 Å². The molecule has 0 aromatic heterocycles. The van der Waals surface area contributed by atoms with Crippen LogP contribution in [0.5, 0.6) is 0 Å². The van der Waals surface area contributed by atoms with Crippen molar-refractivity contribution in [3.63, 3.8) is 0 Å². The summed E-state index contributed by atoms with van der Waals surface area (Å²) in [6, 6.07) is 8.06. The number of amides is 1. The summed E-state index contributed by atoms with van der Waals surface area (Å²) in [5.41, 5.74) is 7.18. The molecule has 1 aliphatic carbocycles. The van der Waals surface area contributed by atoms with Crippen LogP contribution >= 0.6 is 0 Å². The minimum Gasteiger partial charge on any atom is -0.371 e. The van der Waals surface area contributed by atoms with Crippen molar-refractivity contribution in [1.82, 2.24) is 0 Å². The lowest BCUT2D eigenvalue weighted by Gasteiger charge is -2.27. The Balaban J connectivity index is 2.18. The molecule has 16 heavy (non-hydrogen) atoms. The minimum atomic E-state index is -0.519. The Bertz CT molecular complexity index is 377. The Kier molecular flexibility index (Phi) is 2.86. The monoisotopic (exact) mass is 218 g/mol. The Morgan fingerprint density at radius 2 is 1.81 bits per heavy atom. The number of nitrogens with one attached hydrogen (secondary N) is 1. The summed E-state index contributed by atoms with van der Waals surface area (Å²) in [6.07, 6.45) is 3.83. The summed E-state index contributed by atoms with van der Waals surface area (Å²) in [6.45, 7) is 2.04. The lowest BCUT2D eigenvalue weighted by atomic mass is 9.96. The third-order valence-electron chi connectivity index (χ3n) is 3.36. The number of aryl methyl sites for hydroxylation is 1. The van der Waals surface area contributed by atoms with Crippen molar-refractivity contribution < 1.29 is 4.79 Å². The summed E-state index contributed by atoms with van der Waals surface area (Å²) in [7, 11) is 0. The van der Waals surface area contributed by atoms with Gasteiger partial charge in [0.15, 0.2) is 0 Å². The van der Waals surface area contributed by atoms with Gasteiger partial charge in [-0.3, -0.25) is 4.79 Å². The zero-order valence-electron chi connectivity index (χ0n) is 9.62. The molecule has 0 spiro atoms. The van der Waals surface area contributed by atoms with Gasteiger partial charge in [-0.25, -0.2) is 0 Å². The molecule has 3 heteroatoms. The second kappa shape index (κ2) is 4.16. The molecule has 86 valence electrons. The second-order valence-corrected chi connectivity index (χ2v) is 4.64. The first-order valence-corrected chi connectivity index (χ1v) is 5.77. The quantitative estimate of drug-likeness (QED) is 0.817. The van der Waals surface area contributed by atoms with E-state index in [9.17, 15) is 4.79 Å². The predicted octanol–water partition coefficient (Wildman–Crippen LogP) is 2.21. The van der Waals surface area contributed by atoms with Gasteiger partial charge in [-0.1, -0.05) is 30.5 Å². The number of rotatable bonds is 3. The molecule has 1 aromatic rings. The molecule has 1 saturated carbocycles. The van der Waals surface area contributed by atoms with Crippen molar-refractivity contribution in [3.8, 4) is 0 Å². The number of anilines is 1. The number of hydrogen-bond donors (Lipinski definition) is 2. The normalized spacial score (nSPS) is 18.3. The molecule has 0 bridgehead atoms. The Hall–Kier alpha value is -1.51.